The van der Waals surface area contributed by atoms with Crippen LogP contribution in [-0.4, -0.2) is 23.2 Å². The lowest BCUT2D eigenvalue weighted by molar-refractivity contribution is -0.136. The minimum Gasteiger partial charge on any atom is -0.371 e. The molecule has 1 aromatic carbocycles. The molecule has 37 heavy (non-hydrogen) atoms. The Balaban J connectivity index is 1.11. The fourth-order valence-corrected chi connectivity index (χ4v) is 6.91. The van der Waals surface area contributed by atoms with Crippen LogP contribution in [0.3, 0.4) is 0 Å². The van der Waals surface area contributed by atoms with Crippen molar-refractivity contribution in [2.75, 3.05) is 18.0 Å². The Morgan fingerprint density at radius 3 is 2.41 bits per heavy atom. The van der Waals surface area contributed by atoms with Crippen LogP contribution in [0, 0.1) is 5.41 Å². The van der Waals surface area contributed by atoms with E-state index in [1.165, 1.54) is 68.0 Å². The van der Waals surface area contributed by atoms with Gasteiger partial charge in [0.05, 0.1) is 16.8 Å². The molecule has 4 aliphatic rings. The molecule has 7 heteroatoms. The normalized spacial score (nSPS) is 22.4. The Morgan fingerprint density at radius 1 is 0.946 bits per heavy atom. The molecule has 0 unspecified atom stereocenters. The number of piperidine rings is 1. The summed E-state index contributed by atoms with van der Waals surface area (Å²) in [5.41, 5.74) is 4.77. The molecule has 2 aromatic heterocycles. The Hall–Kier alpha value is -2.83. The van der Waals surface area contributed by atoms with Crippen molar-refractivity contribution in [1.29, 1.82) is 0 Å². The number of allylic oxidation sites excluding steroid dienone is 2. The first kappa shape index (κ1) is 23.3. The third kappa shape index (κ3) is 4.15. The molecular formula is C30H32F3N3O. The van der Waals surface area contributed by atoms with Crippen LogP contribution in [0.25, 0.3) is 16.5 Å². The van der Waals surface area contributed by atoms with E-state index in [9.17, 15) is 13.2 Å². The lowest BCUT2D eigenvalue weighted by Gasteiger charge is -2.47. The number of nitrogens with zero attached hydrogens (tertiary/aromatic N) is 3. The number of anilines is 1. The molecule has 7 rings (SSSR count). The minimum atomic E-state index is -4.39. The molecule has 0 N–H and O–H groups in total. The fourth-order valence-electron chi connectivity index (χ4n) is 6.91. The van der Waals surface area contributed by atoms with Crippen molar-refractivity contribution in [3.63, 3.8) is 0 Å². The van der Waals surface area contributed by atoms with Crippen molar-refractivity contribution in [3.8, 4) is 0 Å². The number of alkyl halides is 3. The third-order valence-corrected chi connectivity index (χ3v) is 9.18. The summed E-state index contributed by atoms with van der Waals surface area (Å²) in [7, 11) is 0. The number of pyridine rings is 1. The summed E-state index contributed by atoms with van der Waals surface area (Å²) in [6.45, 7) is 1.68. The summed E-state index contributed by atoms with van der Waals surface area (Å²) in [5, 5.41) is 4.80. The van der Waals surface area contributed by atoms with Crippen LogP contribution in [0.2, 0.25) is 0 Å². The van der Waals surface area contributed by atoms with Gasteiger partial charge in [0.2, 0.25) is 0 Å². The number of aromatic nitrogens is 2. The summed E-state index contributed by atoms with van der Waals surface area (Å²) in [6.07, 6.45) is 11.1. The average Bonchev–Trinajstić information content (AvgIpc) is 3.65. The van der Waals surface area contributed by atoms with E-state index >= 15 is 0 Å². The quantitative estimate of drug-likeness (QED) is 0.357. The number of hydrogen-bond donors (Lipinski definition) is 0. The number of rotatable bonds is 4. The lowest BCUT2D eigenvalue weighted by atomic mass is 9.63. The Bertz CT molecular complexity index is 1360. The zero-order valence-corrected chi connectivity index (χ0v) is 21.0. The molecule has 0 amide bonds. The van der Waals surface area contributed by atoms with Crippen molar-refractivity contribution in [3.05, 3.63) is 59.1 Å². The molecule has 2 saturated carbocycles. The van der Waals surface area contributed by atoms with E-state index in [1.54, 1.807) is 12.1 Å². The van der Waals surface area contributed by atoms with Crippen molar-refractivity contribution in [2.24, 2.45) is 5.41 Å². The standard InChI is InChI=1S/C30H32F3N3O/c31-30(32,33)24-10-13-34-25-9-8-22(16-23(24)25)36-14-11-29(12-15-36)17-21(18-29)26-27(19-4-2-1-3-5-19)35-37-28(26)20-6-7-20/h8-10,13,16-17,19-20H,1-7,11-12,14-15,18H2. The van der Waals surface area contributed by atoms with E-state index in [0.29, 0.717) is 17.4 Å². The van der Waals surface area contributed by atoms with Gasteiger partial charge in [-0.2, -0.15) is 13.2 Å². The average molecular weight is 508 g/mol. The Kier molecular flexibility index (Phi) is 5.42. The Morgan fingerprint density at radius 2 is 1.70 bits per heavy atom. The largest absolute Gasteiger partial charge is 0.417 e. The predicted octanol–water partition coefficient (Wildman–Crippen LogP) is 8.24. The molecule has 3 heterocycles. The van der Waals surface area contributed by atoms with Crippen molar-refractivity contribution in [1.82, 2.24) is 10.1 Å². The van der Waals surface area contributed by atoms with E-state index in [1.807, 2.05) is 6.07 Å². The molecule has 0 atom stereocenters. The number of hydrogen-bond acceptors (Lipinski definition) is 4. The highest BCUT2D eigenvalue weighted by atomic mass is 19.4. The second-order valence-corrected chi connectivity index (χ2v) is 11.7. The smallest absolute Gasteiger partial charge is 0.371 e. The summed E-state index contributed by atoms with van der Waals surface area (Å²) in [6, 6.07) is 6.36. The highest BCUT2D eigenvalue weighted by molar-refractivity contribution is 5.86. The van der Waals surface area contributed by atoms with Gasteiger partial charge in [0.1, 0.15) is 5.76 Å². The third-order valence-electron chi connectivity index (χ3n) is 9.18. The molecule has 0 bridgehead atoms. The zero-order chi connectivity index (χ0) is 25.2. The maximum atomic E-state index is 13.6. The monoisotopic (exact) mass is 507 g/mol. The van der Waals surface area contributed by atoms with Crippen LogP contribution in [0.1, 0.15) is 98.6 Å². The zero-order valence-electron chi connectivity index (χ0n) is 21.0. The minimum absolute atomic E-state index is 0.175. The van der Waals surface area contributed by atoms with Gasteiger partial charge >= 0.3 is 6.18 Å². The van der Waals surface area contributed by atoms with Gasteiger partial charge in [-0.1, -0.05) is 30.5 Å². The summed E-state index contributed by atoms with van der Waals surface area (Å²) >= 11 is 0. The highest BCUT2D eigenvalue weighted by Gasteiger charge is 2.44. The first-order valence-electron chi connectivity index (χ1n) is 13.8. The molecule has 3 fully saturated rings. The molecule has 194 valence electrons. The first-order chi connectivity index (χ1) is 17.9. The van der Waals surface area contributed by atoms with Gasteiger partial charge in [-0.05, 0) is 80.2 Å². The van der Waals surface area contributed by atoms with Gasteiger partial charge in [-0.15, -0.1) is 0 Å². The van der Waals surface area contributed by atoms with Crippen LogP contribution >= 0.6 is 0 Å². The van der Waals surface area contributed by atoms with Gasteiger partial charge in [0, 0.05) is 47.8 Å². The topological polar surface area (TPSA) is 42.2 Å². The SMILES string of the molecule is FC(F)(F)c1ccnc2ccc(N3CCC4(C=C(c5c(C6CCCCC6)noc5C5CC5)C4)CC3)cc12. The van der Waals surface area contributed by atoms with E-state index in [4.69, 9.17) is 4.52 Å². The van der Waals surface area contributed by atoms with Crippen LogP contribution in [0.4, 0.5) is 18.9 Å². The Labute approximate surface area is 214 Å². The lowest BCUT2D eigenvalue weighted by Crippen LogP contribution is -2.42. The van der Waals surface area contributed by atoms with E-state index in [2.05, 4.69) is 21.1 Å². The molecule has 4 nitrogen and oxygen atoms in total. The predicted molar refractivity (Wildman–Crippen MR) is 138 cm³/mol. The molecular weight excluding hydrogens is 475 g/mol. The van der Waals surface area contributed by atoms with Crippen molar-refractivity contribution < 1.29 is 17.7 Å². The molecule has 3 aliphatic carbocycles. The van der Waals surface area contributed by atoms with Gasteiger partial charge in [0.25, 0.3) is 0 Å². The molecule has 1 aliphatic heterocycles. The van der Waals surface area contributed by atoms with Crippen LogP contribution < -0.4 is 4.90 Å². The molecule has 1 spiro atoms. The maximum absolute atomic E-state index is 13.6. The van der Waals surface area contributed by atoms with Crippen LogP contribution in [-0.2, 0) is 6.18 Å². The maximum Gasteiger partial charge on any atom is 0.417 e. The van der Waals surface area contributed by atoms with Gasteiger partial charge < -0.3 is 9.42 Å². The number of fused-ring (bicyclic) bond motifs is 1. The first-order valence-corrected chi connectivity index (χ1v) is 13.8. The van der Waals surface area contributed by atoms with Gasteiger partial charge in [-0.25, -0.2) is 0 Å². The number of benzene rings is 1. The van der Waals surface area contributed by atoms with Crippen molar-refractivity contribution >= 4 is 22.2 Å². The summed E-state index contributed by atoms with van der Waals surface area (Å²) < 4.78 is 46.7. The van der Waals surface area contributed by atoms with E-state index in [-0.39, 0.29) is 10.8 Å². The van der Waals surface area contributed by atoms with Gasteiger partial charge in [0.15, 0.2) is 0 Å². The highest BCUT2D eigenvalue weighted by Crippen LogP contribution is 2.56. The van der Waals surface area contributed by atoms with Gasteiger partial charge in [-0.3, -0.25) is 4.98 Å². The molecule has 3 aromatic rings. The van der Waals surface area contributed by atoms with E-state index < -0.39 is 11.7 Å². The second kappa shape index (κ2) is 8.60. The molecule has 0 radical (unpaired) electrons. The van der Waals surface area contributed by atoms with Crippen molar-refractivity contribution in [2.45, 2.75) is 82.2 Å². The van der Waals surface area contributed by atoms with Crippen LogP contribution in [0.15, 0.2) is 41.1 Å². The number of halogens is 3. The van der Waals surface area contributed by atoms with Crippen LogP contribution in [0.5, 0.6) is 0 Å². The summed E-state index contributed by atoms with van der Waals surface area (Å²) in [4.78, 5) is 6.37. The fraction of sp³-hybridized carbons (Fsp3) is 0.533. The molecule has 1 saturated heterocycles. The van der Waals surface area contributed by atoms with E-state index in [0.717, 1.165) is 49.9 Å². The second-order valence-electron chi connectivity index (χ2n) is 11.7. The summed E-state index contributed by atoms with van der Waals surface area (Å²) in [5.74, 6) is 2.20.